The lowest BCUT2D eigenvalue weighted by atomic mass is 9.60. The predicted molar refractivity (Wildman–Crippen MR) is 191 cm³/mol. The van der Waals surface area contributed by atoms with Crippen LogP contribution in [0.25, 0.3) is 0 Å². The Balaban J connectivity index is 0.000000162. The number of rotatable bonds is 2. The number of hydrogen-bond acceptors (Lipinski definition) is 7. The van der Waals surface area contributed by atoms with Crippen molar-refractivity contribution in [2.75, 3.05) is 10.6 Å². The van der Waals surface area contributed by atoms with Crippen LogP contribution < -0.4 is 10.6 Å². The van der Waals surface area contributed by atoms with Gasteiger partial charge in [0.2, 0.25) is 0 Å². The van der Waals surface area contributed by atoms with Crippen LogP contribution in [0.3, 0.4) is 0 Å². The van der Waals surface area contributed by atoms with Crippen molar-refractivity contribution in [1.82, 2.24) is 25.4 Å². The van der Waals surface area contributed by atoms with Gasteiger partial charge in [-0.05, 0) is 54.7 Å². The molecule has 0 radical (unpaired) electrons. The first-order valence-corrected chi connectivity index (χ1v) is 17.2. The van der Waals surface area contributed by atoms with Gasteiger partial charge < -0.3 is 10.6 Å². The summed E-state index contributed by atoms with van der Waals surface area (Å²) in [5.74, 6) is 3.21. The Bertz CT molecular complexity index is 2220. The van der Waals surface area contributed by atoms with Crippen molar-refractivity contribution < 1.29 is 22.8 Å². The van der Waals surface area contributed by atoms with Gasteiger partial charge in [-0.2, -0.15) is 23.4 Å². The number of fused-ring (bicyclic) bond motifs is 2. The SMILES string of the molecule is C#Cc1[nH]nc2c1C(C)(c1ccccc1)C1=C(CC(C)(C)CC1=O)N2.Cc1[nH]nc2c1C(c1cccnc1)(C(F)(F)F)C1=C(CC(C)(C)CC1=O)N2. The largest absolute Gasteiger partial charge is 0.406 e. The summed E-state index contributed by atoms with van der Waals surface area (Å²) in [4.78, 5) is 30.2. The van der Waals surface area contributed by atoms with Gasteiger partial charge in [-0.25, -0.2) is 0 Å². The van der Waals surface area contributed by atoms with Crippen LogP contribution in [0.2, 0.25) is 0 Å². The maximum absolute atomic E-state index is 14.9. The molecule has 0 fully saturated rings. The molecule has 4 N–H and O–H groups in total. The number of ketones is 2. The summed E-state index contributed by atoms with van der Waals surface area (Å²) >= 11 is 0. The monoisotopic (exact) mass is 707 g/mol. The van der Waals surface area contributed by atoms with Gasteiger partial charge in [0.1, 0.15) is 5.69 Å². The van der Waals surface area contributed by atoms with Gasteiger partial charge in [-0.3, -0.25) is 24.8 Å². The predicted octanol–water partition coefficient (Wildman–Crippen LogP) is 7.80. The van der Waals surface area contributed by atoms with E-state index in [9.17, 15) is 22.8 Å². The molecule has 2 atom stereocenters. The zero-order valence-electron chi connectivity index (χ0n) is 29.9. The van der Waals surface area contributed by atoms with Gasteiger partial charge in [-0.15, -0.1) is 6.42 Å². The topological polar surface area (TPSA) is 128 Å². The van der Waals surface area contributed by atoms with E-state index in [1.165, 1.54) is 31.5 Å². The first kappa shape index (κ1) is 35.0. The highest BCUT2D eigenvalue weighted by Crippen LogP contribution is 2.59. The molecular formula is C40H40F3N7O2. The molecular weight excluding hydrogens is 667 g/mol. The fraction of sp³-hybridized carbons (Fsp3) is 0.375. The number of alkyl halides is 3. The summed E-state index contributed by atoms with van der Waals surface area (Å²) in [5.41, 5.74) is 0.822. The van der Waals surface area contributed by atoms with E-state index < -0.39 is 28.2 Å². The number of terminal acetylenes is 1. The van der Waals surface area contributed by atoms with Crippen LogP contribution in [0, 0.1) is 30.1 Å². The molecule has 52 heavy (non-hydrogen) atoms. The molecule has 1 aromatic carbocycles. The highest BCUT2D eigenvalue weighted by molar-refractivity contribution is 6.04. The van der Waals surface area contributed by atoms with Crippen LogP contribution in [-0.4, -0.2) is 43.1 Å². The second-order valence-corrected chi connectivity index (χ2v) is 15.9. The van der Waals surface area contributed by atoms with Crippen LogP contribution in [0.1, 0.15) is 93.9 Å². The summed E-state index contributed by atoms with van der Waals surface area (Å²) in [5, 5.41) is 20.4. The number of nitrogens with one attached hydrogen (secondary N) is 4. The second kappa shape index (κ2) is 11.8. The quantitative estimate of drug-likeness (QED) is 0.157. The fourth-order valence-corrected chi connectivity index (χ4v) is 8.79. The first-order valence-electron chi connectivity index (χ1n) is 17.2. The van der Waals surface area contributed by atoms with E-state index in [1.807, 2.05) is 32.0 Å². The Morgan fingerprint density at radius 1 is 0.750 bits per heavy atom. The van der Waals surface area contributed by atoms with Gasteiger partial charge in [0.25, 0.3) is 0 Å². The van der Waals surface area contributed by atoms with Gasteiger partial charge in [0, 0.05) is 64.6 Å². The summed E-state index contributed by atoms with van der Waals surface area (Å²) in [6.07, 6.45) is 5.30. The highest BCUT2D eigenvalue weighted by Gasteiger charge is 2.66. The standard InChI is InChI=1S/C21H21N3O.C19H19F3N4O/c1-5-14-18-19(24-23-14)22-15-11-20(2,3)12-16(25)17(15)21(18,4)13-9-7-6-8-10-13;1-10-14-16(26-25-10)24-12-7-17(2,3)8-13(27)15(12)18(14,19(20,21)22)11-5-4-6-23-9-11/h1,6-10H,11-12H2,2-4H3,(H2,22,23,24);4-6,9H,7-8H2,1-3H3,(H2,24,25,26). The van der Waals surface area contributed by atoms with Gasteiger partial charge in [-0.1, -0.05) is 70.0 Å². The van der Waals surface area contributed by atoms with Crippen LogP contribution in [-0.2, 0) is 20.4 Å². The number of nitrogens with zero attached hydrogens (tertiary/aromatic N) is 3. The number of allylic oxidation sites excluding steroid dienone is 4. The number of carbonyl (C=O) groups is 2. The number of aromatic amines is 2. The van der Waals surface area contributed by atoms with Crippen LogP contribution >= 0.6 is 0 Å². The number of aryl methyl sites for hydroxylation is 1. The average Bonchev–Trinajstić information content (AvgIpc) is 3.66. The molecule has 0 saturated carbocycles. The third kappa shape index (κ3) is 5.20. The Labute approximate surface area is 300 Å². The smallest absolute Gasteiger partial charge is 0.342 e. The van der Waals surface area contributed by atoms with Crippen molar-refractivity contribution in [3.63, 3.8) is 0 Å². The van der Waals surface area contributed by atoms with Crippen LogP contribution in [0.15, 0.2) is 77.4 Å². The Morgan fingerprint density at radius 3 is 1.88 bits per heavy atom. The number of H-pyrrole nitrogens is 2. The molecule has 0 bridgehead atoms. The summed E-state index contributed by atoms with van der Waals surface area (Å²) in [7, 11) is 0. The third-order valence-corrected chi connectivity index (χ3v) is 10.8. The number of pyridine rings is 1. The average molecular weight is 708 g/mol. The minimum absolute atomic E-state index is 0.0534. The van der Waals surface area contributed by atoms with E-state index in [4.69, 9.17) is 6.42 Å². The number of benzene rings is 1. The molecule has 3 aromatic heterocycles. The van der Waals surface area contributed by atoms with E-state index in [-0.39, 0.29) is 51.5 Å². The lowest BCUT2D eigenvalue weighted by molar-refractivity contribution is -0.171. The molecule has 4 aromatic rings. The van der Waals surface area contributed by atoms with Crippen LogP contribution in [0.5, 0.6) is 0 Å². The summed E-state index contributed by atoms with van der Waals surface area (Å²) in [6.45, 7) is 11.6. The number of anilines is 2. The summed E-state index contributed by atoms with van der Waals surface area (Å²) in [6, 6.07) is 12.9. The first-order chi connectivity index (χ1) is 24.4. The number of aromatic nitrogens is 5. The number of halogens is 3. The van der Waals surface area contributed by atoms with Gasteiger partial charge >= 0.3 is 6.18 Å². The van der Waals surface area contributed by atoms with Crippen molar-refractivity contribution in [2.24, 2.45) is 10.8 Å². The number of carbonyl (C=O) groups excluding carboxylic acids is 2. The lowest BCUT2D eigenvalue weighted by Crippen LogP contribution is -2.52. The van der Waals surface area contributed by atoms with Crippen molar-refractivity contribution in [2.45, 2.75) is 84.2 Å². The van der Waals surface area contributed by atoms with Crippen molar-refractivity contribution in [3.8, 4) is 12.3 Å². The molecule has 2 unspecified atom stereocenters. The maximum atomic E-state index is 14.9. The molecule has 0 saturated heterocycles. The molecule has 0 spiro atoms. The molecule has 4 aliphatic rings. The fourth-order valence-electron chi connectivity index (χ4n) is 8.79. The van der Waals surface area contributed by atoms with E-state index in [2.05, 4.69) is 74.8 Å². The van der Waals surface area contributed by atoms with E-state index in [0.29, 0.717) is 18.5 Å². The molecule has 8 rings (SSSR count). The van der Waals surface area contributed by atoms with Crippen LogP contribution in [0.4, 0.5) is 24.8 Å². The molecule has 5 heterocycles. The zero-order valence-corrected chi connectivity index (χ0v) is 29.9. The molecule has 2 aliphatic carbocycles. The Kier molecular flexibility index (Phi) is 7.94. The zero-order chi connectivity index (χ0) is 37.4. The molecule has 9 nitrogen and oxygen atoms in total. The normalized spacial score (nSPS) is 24.2. The lowest BCUT2D eigenvalue weighted by Gasteiger charge is -2.45. The van der Waals surface area contributed by atoms with Gasteiger partial charge in [0.05, 0.1) is 5.41 Å². The van der Waals surface area contributed by atoms with Crippen molar-refractivity contribution >= 4 is 23.2 Å². The highest BCUT2D eigenvalue weighted by atomic mass is 19.4. The number of Topliss-reactive ketones (excluding diaryl/α,β-unsaturated/α-hetero) is 2. The molecule has 12 heteroatoms. The minimum atomic E-state index is -4.75. The van der Waals surface area contributed by atoms with E-state index in [0.717, 1.165) is 34.6 Å². The van der Waals surface area contributed by atoms with E-state index >= 15 is 0 Å². The van der Waals surface area contributed by atoms with Crippen molar-refractivity contribution in [3.05, 3.63) is 111 Å². The minimum Gasteiger partial charge on any atom is -0.342 e. The Hall–Kier alpha value is -5.44. The second-order valence-electron chi connectivity index (χ2n) is 15.9. The number of hydrogen-bond donors (Lipinski definition) is 4. The maximum Gasteiger partial charge on any atom is 0.406 e. The van der Waals surface area contributed by atoms with E-state index in [1.54, 1.807) is 0 Å². The third-order valence-electron chi connectivity index (χ3n) is 10.8. The molecule has 2 aliphatic heterocycles. The van der Waals surface area contributed by atoms with Crippen molar-refractivity contribution in [1.29, 1.82) is 0 Å². The molecule has 268 valence electrons. The Morgan fingerprint density at radius 2 is 1.31 bits per heavy atom. The summed E-state index contributed by atoms with van der Waals surface area (Å²) < 4.78 is 44.6. The van der Waals surface area contributed by atoms with Gasteiger partial charge in [0.15, 0.2) is 28.6 Å². The molecule has 0 amide bonds.